The van der Waals surface area contributed by atoms with Crippen LogP contribution in [0.1, 0.15) is 0 Å². The molecule has 23 heavy (non-hydrogen) atoms. The molecule has 0 bridgehead atoms. The van der Waals surface area contributed by atoms with Crippen molar-refractivity contribution in [3.8, 4) is 0 Å². The van der Waals surface area contributed by atoms with Crippen molar-refractivity contribution in [3.63, 3.8) is 0 Å². The summed E-state index contributed by atoms with van der Waals surface area (Å²) < 4.78 is 15.1. The Morgan fingerprint density at radius 2 is 1.22 bits per heavy atom. The summed E-state index contributed by atoms with van der Waals surface area (Å²) in [4.78, 5) is 0. The third-order valence-electron chi connectivity index (χ3n) is 3.96. The van der Waals surface area contributed by atoms with E-state index in [1.807, 2.05) is 0 Å². The first-order chi connectivity index (χ1) is 10.8. The van der Waals surface area contributed by atoms with Crippen LogP contribution in [0.25, 0.3) is 0 Å². The summed E-state index contributed by atoms with van der Waals surface area (Å²) in [7, 11) is 0. The molecule has 0 saturated carbocycles. The van der Waals surface area contributed by atoms with Gasteiger partial charge >= 0.3 is 0 Å². The van der Waals surface area contributed by atoms with Gasteiger partial charge in [-0.3, -0.25) is 0 Å². The van der Waals surface area contributed by atoms with E-state index >= 15 is 0 Å². The second kappa shape index (κ2) is 7.63. The zero-order chi connectivity index (χ0) is 17.3. The van der Waals surface area contributed by atoms with Gasteiger partial charge in [-0.2, -0.15) is 0 Å². The third kappa shape index (κ3) is 3.81. The molecule has 0 aromatic rings. The molecule has 0 amide bonds. The van der Waals surface area contributed by atoms with Gasteiger partial charge in [-0.05, 0) is 0 Å². The molecule has 0 spiro atoms. The maximum absolute atomic E-state index is 9.78. The van der Waals surface area contributed by atoms with Crippen LogP contribution in [0.2, 0.25) is 0 Å². The van der Waals surface area contributed by atoms with Crippen molar-refractivity contribution >= 4 is 0 Å². The quantitative estimate of drug-likeness (QED) is 0.243. The van der Waals surface area contributed by atoms with Gasteiger partial charge in [0, 0.05) is 0 Å². The largest absolute Gasteiger partial charge is 0.394 e. The minimum absolute atomic E-state index is 0.468. The number of hydrogen-bond donors (Lipinski definition) is 8. The van der Waals surface area contributed by atoms with E-state index in [2.05, 4.69) is 0 Å². The van der Waals surface area contributed by atoms with E-state index < -0.39 is 74.6 Å². The van der Waals surface area contributed by atoms with Gasteiger partial charge in [0.25, 0.3) is 0 Å². The first-order valence-corrected chi connectivity index (χ1v) is 7.07. The second-order valence-electron chi connectivity index (χ2n) is 5.57. The van der Waals surface area contributed by atoms with Crippen LogP contribution in [0.3, 0.4) is 0 Å². The molecule has 6 unspecified atom stereocenters. The molecule has 0 aliphatic carbocycles. The van der Waals surface area contributed by atoms with Crippen LogP contribution in [0.5, 0.6) is 0 Å². The third-order valence-corrected chi connectivity index (χ3v) is 3.96. The van der Waals surface area contributed by atoms with E-state index in [-0.39, 0.29) is 0 Å². The molecular formula is C12H22O11. The van der Waals surface area contributed by atoms with Crippen LogP contribution in [0.4, 0.5) is 0 Å². The lowest BCUT2D eigenvalue weighted by Crippen LogP contribution is -2.61. The summed E-state index contributed by atoms with van der Waals surface area (Å²) in [6.07, 6.45) is -15.3. The van der Waals surface area contributed by atoms with Crippen molar-refractivity contribution in [1.29, 1.82) is 0 Å². The molecular weight excluding hydrogens is 320 g/mol. The van der Waals surface area contributed by atoms with Crippen LogP contribution in [-0.4, -0.2) is 115 Å². The molecule has 8 N–H and O–H groups in total. The second-order valence-corrected chi connectivity index (χ2v) is 5.57. The monoisotopic (exact) mass is 342 g/mol. The van der Waals surface area contributed by atoms with Crippen LogP contribution in [0, 0.1) is 0 Å². The van der Waals surface area contributed by atoms with Crippen LogP contribution in [0.15, 0.2) is 0 Å². The summed E-state index contributed by atoms with van der Waals surface area (Å²) >= 11 is 0. The standard InChI is InChI=1S/C12H22O11/c13-1-3-5(14)8(17)10(19)12(23-3)21-2-4-6(15)7(16)9(18)11(20)22-4/h3-20H,1-2H2/t3?,4-,5?,6-,7+,8?,9+,10?,11?,12?/m1/s1. The molecule has 10 atom stereocenters. The zero-order valence-electron chi connectivity index (χ0n) is 12.0. The maximum Gasteiger partial charge on any atom is 0.186 e. The van der Waals surface area contributed by atoms with Crippen molar-refractivity contribution < 1.29 is 55.1 Å². The van der Waals surface area contributed by atoms with Crippen molar-refractivity contribution in [1.82, 2.24) is 0 Å². The number of hydrogen-bond acceptors (Lipinski definition) is 11. The minimum atomic E-state index is -1.74. The predicted octanol–water partition coefficient (Wildman–Crippen LogP) is -5.40. The number of aliphatic hydroxyl groups is 8. The molecule has 2 aliphatic heterocycles. The topological polar surface area (TPSA) is 190 Å². The molecule has 2 fully saturated rings. The first-order valence-electron chi connectivity index (χ1n) is 7.07. The highest BCUT2D eigenvalue weighted by Gasteiger charge is 2.46. The zero-order valence-corrected chi connectivity index (χ0v) is 12.0. The Bertz CT molecular complexity index is 380. The van der Waals surface area contributed by atoms with Gasteiger partial charge in [0.2, 0.25) is 0 Å². The molecule has 2 heterocycles. The fourth-order valence-electron chi connectivity index (χ4n) is 2.46. The number of aliphatic hydroxyl groups excluding tert-OH is 8. The first kappa shape index (κ1) is 18.9. The fourth-order valence-corrected chi connectivity index (χ4v) is 2.46. The average Bonchev–Trinajstić information content (AvgIpc) is 2.54. The molecule has 2 rings (SSSR count). The molecule has 11 heteroatoms. The highest BCUT2D eigenvalue weighted by Crippen LogP contribution is 2.24. The Morgan fingerprint density at radius 1 is 0.652 bits per heavy atom. The van der Waals surface area contributed by atoms with E-state index in [9.17, 15) is 35.7 Å². The van der Waals surface area contributed by atoms with Gasteiger partial charge in [-0.1, -0.05) is 0 Å². The van der Waals surface area contributed by atoms with Crippen molar-refractivity contribution in [2.24, 2.45) is 0 Å². The maximum atomic E-state index is 9.78. The van der Waals surface area contributed by atoms with Crippen molar-refractivity contribution in [2.45, 2.75) is 61.4 Å². The predicted molar refractivity (Wildman–Crippen MR) is 68.6 cm³/mol. The Hall–Kier alpha value is -0.440. The highest BCUT2D eigenvalue weighted by atomic mass is 16.7. The molecule has 0 aromatic heterocycles. The summed E-state index contributed by atoms with van der Waals surface area (Å²) in [5.74, 6) is 0. The Morgan fingerprint density at radius 3 is 1.83 bits per heavy atom. The fraction of sp³-hybridized carbons (Fsp3) is 1.00. The Balaban J connectivity index is 1.94. The minimum Gasteiger partial charge on any atom is -0.394 e. The average molecular weight is 342 g/mol. The van der Waals surface area contributed by atoms with E-state index in [0.717, 1.165) is 0 Å². The lowest BCUT2D eigenvalue weighted by molar-refractivity contribution is -0.325. The molecule has 0 radical (unpaired) electrons. The van der Waals surface area contributed by atoms with Gasteiger partial charge in [0.1, 0.15) is 48.8 Å². The van der Waals surface area contributed by atoms with E-state index in [1.54, 1.807) is 0 Å². The van der Waals surface area contributed by atoms with E-state index in [1.165, 1.54) is 0 Å². The summed E-state index contributed by atoms with van der Waals surface area (Å²) in [5.41, 5.74) is 0. The molecule has 11 nitrogen and oxygen atoms in total. The van der Waals surface area contributed by atoms with E-state index in [4.69, 9.17) is 19.3 Å². The Labute approximate surface area is 130 Å². The lowest BCUT2D eigenvalue weighted by Gasteiger charge is -2.41. The van der Waals surface area contributed by atoms with Crippen LogP contribution < -0.4 is 0 Å². The van der Waals surface area contributed by atoms with Crippen LogP contribution in [-0.2, 0) is 14.2 Å². The van der Waals surface area contributed by atoms with E-state index in [0.29, 0.717) is 0 Å². The Kier molecular flexibility index (Phi) is 6.27. The lowest BCUT2D eigenvalue weighted by atomic mass is 9.98. The summed E-state index contributed by atoms with van der Waals surface area (Å²) in [5, 5.41) is 76.1. The summed E-state index contributed by atoms with van der Waals surface area (Å²) in [6, 6.07) is 0. The smallest absolute Gasteiger partial charge is 0.186 e. The SMILES string of the molecule is OCC1OC(OC[C@H]2OC(O)[C@@H](O)[C@@H](O)[C@@H]2O)C(O)C(O)C1O. The van der Waals surface area contributed by atoms with Crippen molar-refractivity contribution in [3.05, 3.63) is 0 Å². The van der Waals surface area contributed by atoms with Gasteiger partial charge in [-0.25, -0.2) is 0 Å². The molecule has 136 valence electrons. The van der Waals surface area contributed by atoms with Gasteiger partial charge in [-0.15, -0.1) is 0 Å². The van der Waals surface area contributed by atoms with Crippen molar-refractivity contribution in [2.75, 3.05) is 13.2 Å². The molecule has 2 saturated heterocycles. The highest BCUT2D eigenvalue weighted by molar-refractivity contribution is 4.91. The van der Waals surface area contributed by atoms with Gasteiger partial charge in [0.05, 0.1) is 13.2 Å². The number of ether oxygens (including phenoxy) is 3. The number of rotatable bonds is 4. The normalized spacial score (nSPS) is 51.7. The van der Waals surface area contributed by atoms with Crippen LogP contribution >= 0.6 is 0 Å². The van der Waals surface area contributed by atoms with Gasteiger partial charge in [0.15, 0.2) is 12.6 Å². The van der Waals surface area contributed by atoms with Gasteiger partial charge < -0.3 is 55.1 Å². The molecule has 2 aliphatic rings. The molecule has 0 aromatic carbocycles. The summed E-state index contributed by atoms with van der Waals surface area (Å²) in [6.45, 7) is -1.10.